The molecule has 0 fully saturated rings. The summed E-state index contributed by atoms with van der Waals surface area (Å²) in [6, 6.07) is 6.08. The molecule has 6 heteroatoms. The summed E-state index contributed by atoms with van der Waals surface area (Å²) in [6.07, 6.45) is 1.33. The first-order chi connectivity index (χ1) is 9.17. The Balaban J connectivity index is 2.38. The van der Waals surface area contributed by atoms with Crippen molar-refractivity contribution in [3.8, 4) is 0 Å². The monoisotopic (exact) mass is 262 g/mol. The van der Waals surface area contributed by atoms with E-state index in [2.05, 4.69) is 10.3 Å². The van der Waals surface area contributed by atoms with Gasteiger partial charge in [-0.3, -0.25) is 9.59 Å². The number of H-pyrrole nitrogens is 1. The van der Waals surface area contributed by atoms with E-state index in [4.69, 9.17) is 10.2 Å². The Kier molecular flexibility index (Phi) is 3.94. The van der Waals surface area contributed by atoms with Gasteiger partial charge in [-0.2, -0.15) is 0 Å². The molecule has 6 nitrogen and oxygen atoms in total. The highest BCUT2D eigenvalue weighted by atomic mass is 16.3. The molecule has 0 saturated heterocycles. The molecule has 19 heavy (non-hydrogen) atoms. The van der Waals surface area contributed by atoms with Crippen LogP contribution in [0.1, 0.15) is 10.4 Å². The van der Waals surface area contributed by atoms with Crippen LogP contribution in [0.15, 0.2) is 35.3 Å². The Bertz CT molecular complexity index is 646. The van der Waals surface area contributed by atoms with E-state index in [1.54, 1.807) is 24.3 Å². The van der Waals surface area contributed by atoms with E-state index in [1.165, 1.54) is 6.20 Å². The average molecular weight is 262 g/mol. The number of aliphatic hydroxyl groups is 2. The quantitative estimate of drug-likeness (QED) is 0.602. The van der Waals surface area contributed by atoms with Crippen molar-refractivity contribution in [1.29, 1.82) is 0 Å². The summed E-state index contributed by atoms with van der Waals surface area (Å²) >= 11 is 0. The van der Waals surface area contributed by atoms with E-state index in [-0.39, 0.29) is 11.0 Å². The van der Waals surface area contributed by atoms with Gasteiger partial charge in [0.05, 0.1) is 19.3 Å². The van der Waals surface area contributed by atoms with Crippen LogP contribution < -0.4 is 10.7 Å². The largest absolute Gasteiger partial charge is 0.394 e. The highest BCUT2D eigenvalue weighted by Crippen LogP contribution is 2.06. The smallest absolute Gasteiger partial charge is 0.257 e. The van der Waals surface area contributed by atoms with Gasteiger partial charge >= 0.3 is 0 Å². The normalized spacial score (nSPS) is 10.9. The van der Waals surface area contributed by atoms with E-state index in [1.807, 2.05) is 0 Å². The molecule has 1 amide bonds. The van der Waals surface area contributed by atoms with E-state index < -0.39 is 25.2 Å². The molecule has 1 heterocycles. The number of amides is 1. The van der Waals surface area contributed by atoms with Gasteiger partial charge in [-0.05, 0) is 12.1 Å². The molecule has 0 radical (unpaired) electrons. The average Bonchev–Trinajstić information content (AvgIpc) is 2.45. The van der Waals surface area contributed by atoms with Crippen molar-refractivity contribution in [3.05, 3.63) is 46.2 Å². The molecule has 2 aromatic rings. The Morgan fingerprint density at radius 2 is 1.95 bits per heavy atom. The molecule has 0 aliphatic carbocycles. The Morgan fingerprint density at radius 3 is 2.63 bits per heavy atom. The van der Waals surface area contributed by atoms with E-state index in [0.717, 1.165) is 0 Å². The number of nitrogens with one attached hydrogen (secondary N) is 2. The fourth-order valence-corrected chi connectivity index (χ4v) is 1.75. The lowest BCUT2D eigenvalue weighted by atomic mass is 10.1. The Hall–Kier alpha value is -2.18. The third-order valence-electron chi connectivity index (χ3n) is 2.81. The lowest BCUT2D eigenvalue weighted by Gasteiger charge is -2.13. The van der Waals surface area contributed by atoms with Crippen molar-refractivity contribution >= 4 is 16.8 Å². The van der Waals surface area contributed by atoms with Gasteiger partial charge in [-0.1, -0.05) is 12.1 Å². The van der Waals surface area contributed by atoms with Crippen molar-refractivity contribution < 1.29 is 15.0 Å². The molecule has 0 aliphatic heterocycles. The zero-order chi connectivity index (χ0) is 13.8. The van der Waals surface area contributed by atoms with Gasteiger partial charge < -0.3 is 20.5 Å². The number of hydrogen-bond donors (Lipinski definition) is 4. The molecule has 1 aromatic heterocycles. The standard InChI is InChI=1S/C13H14N2O4/c16-6-8(7-17)15-13(19)10-5-14-11-4-2-1-3-9(11)12(10)18/h1-5,8,16-17H,6-7H2,(H,14,18)(H,15,19). The molecule has 1 aromatic carbocycles. The fraction of sp³-hybridized carbons (Fsp3) is 0.231. The van der Waals surface area contributed by atoms with E-state index in [0.29, 0.717) is 10.9 Å². The fourth-order valence-electron chi connectivity index (χ4n) is 1.75. The minimum absolute atomic E-state index is 0.0504. The van der Waals surface area contributed by atoms with Gasteiger partial charge in [0.25, 0.3) is 5.91 Å². The molecular weight excluding hydrogens is 248 g/mol. The highest BCUT2D eigenvalue weighted by molar-refractivity contribution is 5.97. The number of hydrogen-bond acceptors (Lipinski definition) is 4. The highest BCUT2D eigenvalue weighted by Gasteiger charge is 2.16. The maximum absolute atomic E-state index is 12.1. The van der Waals surface area contributed by atoms with Crippen LogP contribution in [0.5, 0.6) is 0 Å². The second-order valence-corrected chi connectivity index (χ2v) is 4.11. The molecule has 0 unspecified atom stereocenters. The number of fused-ring (bicyclic) bond motifs is 1. The number of benzene rings is 1. The lowest BCUT2D eigenvalue weighted by Crippen LogP contribution is -2.41. The van der Waals surface area contributed by atoms with Crippen molar-refractivity contribution in [2.45, 2.75) is 6.04 Å². The van der Waals surface area contributed by atoms with Crippen LogP contribution in [-0.4, -0.2) is 40.4 Å². The third-order valence-corrected chi connectivity index (χ3v) is 2.81. The first-order valence-corrected chi connectivity index (χ1v) is 5.80. The molecule has 2 rings (SSSR count). The zero-order valence-electron chi connectivity index (χ0n) is 10.1. The molecule has 4 N–H and O–H groups in total. The van der Waals surface area contributed by atoms with Gasteiger partial charge in [-0.15, -0.1) is 0 Å². The minimum atomic E-state index is -0.779. The van der Waals surface area contributed by atoms with Gasteiger partial charge in [0, 0.05) is 17.1 Å². The van der Waals surface area contributed by atoms with Crippen LogP contribution in [0, 0.1) is 0 Å². The molecule has 0 saturated carbocycles. The summed E-state index contributed by atoms with van der Waals surface area (Å²) < 4.78 is 0. The number of aromatic nitrogens is 1. The molecular formula is C13H14N2O4. The second kappa shape index (κ2) is 5.64. The SMILES string of the molecule is O=C(NC(CO)CO)c1c[nH]c2ccccc2c1=O. The lowest BCUT2D eigenvalue weighted by molar-refractivity contribution is 0.0878. The Labute approximate surface area is 108 Å². The van der Waals surface area contributed by atoms with Gasteiger partial charge in [-0.25, -0.2) is 0 Å². The molecule has 0 atom stereocenters. The van der Waals surface area contributed by atoms with Crippen molar-refractivity contribution in [2.75, 3.05) is 13.2 Å². The number of aromatic amines is 1. The Morgan fingerprint density at radius 1 is 1.26 bits per heavy atom. The maximum Gasteiger partial charge on any atom is 0.257 e. The topological polar surface area (TPSA) is 102 Å². The molecule has 0 bridgehead atoms. The second-order valence-electron chi connectivity index (χ2n) is 4.11. The summed E-state index contributed by atoms with van der Waals surface area (Å²) in [5.41, 5.74) is 0.206. The summed E-state index contributed by atoms with van der Waals surface area (Å²) in [5, 5.41) is 20.6. The summed E-state index contributed by atoms with van der Waals surface area (Å²) in [7, 11) is 0. The van der Waals surface area contributed by atoms with Crippen molar-refractivity contribution in [3.63, 3.8) is 0 Å². The summed E-state index contributed by atoms with van der Waals surface area (Å²) in [4.78, 5) is 26.9. The van der Waals surface area contributed by atoms with Crippen molar-refractivity contribution in [2.24, 2.45) is 0 Å². The van der Waals surface area contributed by atoms with E-state index in [9.17, 15) is 9.59 Å². The first-order valence-electron chi connectivity index (χ1n) is 5.80. The summed E-state index contributed by atoms with van der Waals surface area (Å²) in [5.74, 6) is -0.625. The predicted molar refractivity (Wildman–Crippen MR) is 70.0 cm³/mol. The number of carbonyl (C=O) groups excluding carboxylic acids is 1. The molecule has 100 valence electrons. The number of pyridine rings is 1. The molecule has 0 spiro atoms. The number of aliphatic hydroxyl groups excluding tert-OH is 2. The predicted octanol–water partition coefficient (Wildman–Crippen LogP) is -0.389. The van der Waals surface area contributed by atoms with Crippen LogP contribution >= 0.6 is 0 Å². The van der Waals surface area contributed by atoms with E-state index >= 15 is 0 Å². The van der Waals surface area contributed by atoms with Crippen LogP contribution in [0.4, 0.5) is 0 Å². The number of para-hydroxylation sites is 1. The van der Waals surface area contributed by atoms with Gasteiger partial charge in [0.15, 0.2) is 0 Å². The van der Waals surface area contributed by atoms with Crippen LogP contribution in [0.2, 0.25) is 0 Å². The van der Waals surface area contributed by atoms with Gasteiger partial charge in [0.2, 0.25) is 5.43 Å². The maximum atomic E-state index is 12.1. The van der Waals surface area contributed by atoms with Crippen LogP contribution in [0.3, 0.4) is 0 Å². The molecule has 0 aliphatic rings. The summed E-state index contributed by atoms with van der Waals surface area (Å²) in [6.45, 7) is -0.790. The minimum Gasteiger partial charge on any atom is -0.394 e. The van der Waals surface area contributed by atoms with Crippen LogP contribution in [-0.2, 0) is 0 Å². The van der Waals surface area contributed by atoms with Gasteiger partial charge in [0.1, 0.15) is 5.56 Å². The third kappa shape index (κ3) is 2.64. The number of carbonyl (C=O) groups is 1. The number of rotatable bonds is 4. The van der Waals surface area contributed by atoms with Crippen LogP contribution in [0.25, 0.3) is 10.9 Å². The first kappa shape index (κ1) is 13.3. The zero-order valence-corrected chi connectivity index (χ0v) is 10.1. The van der Waals surface area contributed by atoms with Crippen molar-refractivity contribution in [1.82, 2.24) is 10.3 Å².